The van der Waals surface area contributed by atoms with Gasteiger partial charge in [-0.1, -0.05) is 15.9 Å². The zero-order chi connectivity index (χ0) is 11.3. The van der Waals surface area contributed by atoms with Crippen molar-refractivity contribution in [1.82, 2.24) is 10.2 Å². The van der Waals surface area contributed by atoms with Crippen LogP contribution >= 0.6 is 15.9 Å². The Bertz CT molecular complexity index is 201. The summed E-state index contributed by atoms with van der Waals surface area (Å²) in [6, 6.07) is 1.02. The van der Waals surface area contributed by atoms with Gasteiger partial charge in [0, 0.05) is 36.9 Å². The Hall–Kier alpha value is -0.0900. The van der Waals surface area contributed by atoms with E-state index >= 15 is 0 Å². The molecule has 1 aliphatic rings. The second-order valence-electron chi connectivity index (χ2n) is 4.41. The summed E-state index contributed by atoms with van der Waals surface area (Å²) in [6.45, 7) is 6.67. The first-order valence-electron chi connectivity index (χ1n) is 5.73. The van der Waals surface area contributed by atoms with E-state index in [4.69, 9.17) is 0 Å². The first-order valence-corrected chi connectivity index (χ1v) is 6.85. The number of carbonyl (C=O) groups excluding carboxylic acids is 1. The monoisotopic (exact) mass is 276 g/mol. The highest BCUT2D eigenvalue weighted by molar-refractivity contribution is 9.09. The van der Waals surface area contributed by atoms with Gasteiger partial charge < -0.3 is 10.2 Å². The Morgan fingerprint density at radius 2 is 2.07 bits per heavy atom. The largest absolute Gasteiger partial charge is 0.353 e. The minimum absolute atomic E-state index is 0.176. The average Bonchev–Trinajstić information content (AvgIpc) is 2.18. The summed E-state index contributed by atoms with van der Waals surface area (Å²) in [5.41, 5.74) is 0. The van der Waals surface area contributed by atoms with Gasteiger partial charge in [-0.15, -0.1) is 0 Å². The van der Waals surface area contributed by atoms with Crippen LogP contribution in [0.5, 0.6) is 0 Å². The number of hydrogen-bond donors (Lipinski definition) is 1. The Labute approximate surface area is 101 Å². The van der Waals surface area contributed by atoms with Crippen molar-refractivity contribution < 1.29 is 4.79 Å². The zero-order valence-electron chi connectivity index (χ0n) is 9.63. The second-order valence-corrected chi connectivity index (χ2v) is 5.20. The molecule has 0 atom stereocenters. The van der Waals surface area contributed by atoms with Crippen LogP contribution < -0.4 is 5.32 Å². The number of nitrogens with one attached hydrogen (secondary N) is 1. The molecule has 3 nitrogen and oxygen atoms in total. The number of piperidine rings is 1. The third kappa shape index (κ3) is 4.51. The Kier molecular flexibility index (Phi) is 5.61. The average molecular weight is 277 g/mol. The van der Waals surface area contributed by atoms with Crippen molar-refractivity contribution >= 4 is 21.8 Å². The van der Waals surface area contributed by atoms with Crippen molar-refractivity contribution in [2.75, 3.05) is 18.4 Å². The van der Waals surface area contributed by atoms with Gasteiger partial charge in [-0.25, -0.2) is 0 Å². The maximum absolute atomic E-state index is 11.4. The van der Waals surface area contributed by atoms with E-state index in [0.717, 1.165) is 31.3 Å². The highest BCUT2D eigenvalue weighted by Crippen LogP contribution is 2.12. The van der Waals surface area contributed by atoms with Gasteiger partial charge in [0.15, 0.2) is 0 Å². The molecule has 1 N–H and O–H groups in total. The van der Waals surface area contributed by atoms with Crippen LogP contribution in [-0.4, -0.2) is 41.3 Å². The molecular weight excluding hydrogens is 256 g/mol. The van der Waals surface area contributed by atoms with Crippen molar-refractivity contribution in [3.05, 3.63) is 0 Å². The number of carbonyl (C=O) groups is 1. The lowest BCUT2D eigenvalue weighted by atomic mass is 10.0. The fraction of sp³-hybridized carbons (Fsp3) is 0.909. The molecular formula is C11H21BrN2O. The Balaban J connectivity index is 2.22. The van der Waals surface area contributed by atoms with Gasteiger partial charge in [-0.05, 0) is 26.7 Å². The van der Waals surface area contributed by atoms with Gasteiger partial charge in [0.05, 0.1) is 0 Å². The van der Waals surface area contributed by atoms with Gasteiger partial charge in [-0.2, -0.15) is 0 Å². The Morgan fingerprint density at radius 3 is 2.53 bits per heavy atom. The van der Waals surface area contributed by atoms with Crippen LogP contribution in [0, 0.1) is 0 Å². The number of rotatable bonds is 4. The van der Waals surface area contributed by atoms with Gasteiger partial charge in [0.25, 0.3) is 0 Å². The van der Waals surface area contributed by atoms with Crippen LogP contribution in [0.1, 0.15) is 33.1 Å². The third-order valence-electron chi connectivity index (χ3n) is 2.95. The lowest BCUT2D eigenvalue weighted by Gasteiger charge is -2.34. The summed E-state index contributed by atoms with van der Waals surface area (Å²) in [4.78, 5) is 13.8. The first-order chi connectivity index (χ1) is 7.13. The molecule has 0 aliphatic carbocycles. The fourth-order valence-corrected chi connectivity index (χ4v) is 2.31. The summed E-state index contributed by atoms with van der Waals surface area (Å²) in [6.07, 6.45) is 2.77. The van der Waals surface area contributed by atoms with E-state index < -0.39 is 0 Å². The van der Waals surface area contributed by atoms with Crippen molar-refractivity contribution in [2.45, 2.75) is 45.2 Å². The van der Waals surface area contributed by atoms with Crippen LogP contribution in [0.25, 0.3) is 0 Å². The van der Waals surface area contributed by atoms with Crippen LogP contribution in [0.2, 0.25) is 0 Å². The molecule has 0 aromatic heterocycles. The zero-order valence-corrected chi connectivity index (χ0v) is 11.2. The standard InChI is InChI=1S/C11H21BrN2O/c1-9(2)14-7-4-10(5-8-14)13-11(15)3-6-12/h9-10H,3-8H2,1-2H3,(H,13,15). The number of hydrogen-bond acceptors (Lipinski definition) is 2. The van der Waals surface area contributed by atoms with Crippen LogP contribution in [0.15, 0.2) is 0 Å². The lowest BCUT2D eigenvalue weighted by Crippen LogP contribution is -2.46. The predicted octanol–water partition coefficient (Wildman–Crippen LogP) is 1.76. The molecule has 0 aromatic carbocycles. The molecule has 0 aromatic rings. The van der Waals surface area contributed by atoms with Gasteiger partial charge in [-0.3, -0.25) is 4.79 Å². The van der Waals surface area contributed by atoms with Crippen LogP contribution in [0.3, 0.4) is 0 Å². The normalized spacial score (nSPS) is 19.5. The van der Waals surface area contributed by atoms with E-state index in [0.29, 0.717) is 18.5 Å². The number of likely N-dealkylation sites (tertiary alicyclic amines) is 1. The molecule has 1 amide bonds. The van der Waals surface area contributed by atoms with Crippen molar-refractivity contribution in [3.63, 3.8) is 0 Å². The second kappa shape index (κ2) is 6.48. The molecule has 0 spiro atoms. The van der Waals surface area contributed by atoms with Gasteiger partial charge >= 0.3 is 0 Å². The third-order valence-corrected chi connectivity index (χ3v) is 3.34. The molecule has 1 aliphatic heterocycles. The SMILES string of the molecule is CC(C)N1CCC(NC(=O)CCBr)CC1. The minimum atomic E-state index is 0.176. The van der Waals surface area contributed by atoms with E-state index in [1.807, 2.05) is 0 Å². The maximum atomic E-state index is 11.4. The molecule has 1 fully saturated rings. The topological polar surface area (TPSA) is 32.3 Å². The smallest absolute Gasteiger partial charge is 0.221 e. The highest BCUT2D eigenvalue weighted by Gasteiger charge is 2.21. The fourth-order valence-electron chi connectivity index (χ4n) is 1.95. The number of halogens is 1. The highest BCUT2D eigenvalue weighted by atomic mass is 79.9. The number of nitrogens with zero attached hydrogens (tertiary/aromatic N) is 1. The van der Waals surface area contributed by atoms with Crippen molar-refractivity contribution in [3.8, 4) is 0 Å². The molecule has 1 saturated heterocycles. The van der Waals surface area contributed by atoms with E-state index in [2.05, 4.69) is 40.0 Å². The van der Waals surface area contributed by atoms with Gasteiger partial charge in [0.2, 0.25) is 5.91 Å². The molecule has 0 saturated carbocycles. The molecule has 0 bridgehead atoms. The number of alkyl halides is 1. The van der Waals surface area contributed by atoms with Crippen molar-refractivity contribution in [2.24, 2.45) is 0 Å². The quantitative estimate of drug-likeness (QED) is 0.794. The summed E-state index contributed by atoms with van der Waals surface area (Å²) < 4.78 is 0. The summed E-state index contributed by atoms with van der Waals surface area (Å²) in [7, 11) is 0. The molecule has 15 heavy (non-hydrogen) atoms. The molecule has 0 radical (unpaired) electrons. The van der Waals surface area contributed by atoms with Gasteiger partial charge in [0.1, 0.15) is 0 Å². The lowest BCUT2D eigenvalue weighted by molar-refractivity contribution is -0.121. The first kappa shape index (κ1) is 13.0. The Morgan fingerprint density at radius 1 is 1.47 bits per heavy atom. The molecule has 1 heterocycles. The minimum Gasteiger partial charge on any atom is -0.353 e. The van der Waals surface area contributed by atoms with E-state index in [-0.39, 0.29) is 5.91 Å². The summed E-state index contributed by atoms with van der Waals surface area (Å²) >= 11 is 3.27. The summed E-state index contributed by atoms with van der Waals surface area (Å²) in [5.74, 6) is 0.176. The molecule has 1 rings (SSSR count). The molecule has 88 valence electrons. The van der Waals surface area contributed by atoms with E-state index in [9.17, 15) is 4.79 Å². The molecule has 0 unspecified atom stereocenters. The predicted molar refractivity (Wildman–Crippen MR) is 66.3 cm³/mol. The van der Waals surface area contributed by atoms with E-state index in [1.54, 1.807) is 0 Å². The van der Waals surface area contributed by atoms with Crippen LogP contribution in [0.4, 0.5) is 0 Å². The summed E-state index contributed by atoms with van der Waals surface area (Å²) in [5, 5.41) is 3.84. The maximum Gasteiger partial charge on any atom is 0.221 e. The number of amides is 1. The molecule has 4 heteroatoms. The van der Waals surface area contributed by atoms with Crippen molar-refractivity contribution in [1.29, 1.82) is 0 Å². The van der Waals surface area contributed by atoms with E-state index in [1.165, 1.54) is 0 Å². The van der Waals surface area contributed by atoms with Crippen LogP contribution in [-0.2, 0) is 4.79 Å².